The number of β-lactam (4-membered cyclic amide) rings is 1. The molecule has 2 heterocycles. The Morgan fingerprint density at radius 1 is 0.946 bits per heavy atom. The molecule has 0 spiro atoms. The van der Waals surface area contributed by atoms with E-state index in [-0.39, 0.29) is 24.6 Å². The Kier molecular flexibility index (Phi) is 7.39. The van der Waals surface area contributed by atoms with Gasteiger partial charge in [-0.25, -0.2) is 4.79 Å². The Morgan fingerprint density at radius 2 is 1.51 bits per heavy atom. The molecule has 2 aliphatic rings. The molecule has 188 valence electrons. The van der Waals surface area contributed by atoms with Crippen LogP contribution in [0.25, 0.3) is 0 Å². The molecule has 3 aromatic rings. The zero-order valence-corrected chi connectivity index (χ0v) is 20.8. The number of benzene rings is 3. The number of ether oxygens (including phenoxy) is 1. The predicted octanol–water partition coefficient (Wildman–Crippen LogP) is 3.21. The topological polar surface area (TPSA) is 95.9 Å². The van der Waals surface area contributed by atoms with Gasteiger partial charge in [-0.1, -0.05) is 91.0 Å². The van der Waals surface area contributed by atoms with Gasteiger partial charge in [-0.3, -0.25) is 14.5 Å². The van der Waals surface area contributed by atoms with Crippen molar-refractivity contribution in [1.29, 1.82) is 0 Å². The van der Waals surface area contributed by atoms with Gasteiger partial charge in [0.1, 0.15) is 17.1 Å². The second-order valence-electron chi connectivity index (χ2n) is 8.83. The Morgan fingerprint density at radius 3 is 2.08 bits per heavy atom. The predicted molar refractivity (Wildman–Crippen MR) is 140 cm³/mol. The van der Waals surface area contributed by atoms with E-state index in [0.717, 1.165) is 16.7 Å². The fraction of sp³-hybridized carbons (Fsp3) is 0.207. The van der Waals surface area contributed by atoms with Gasteiger partial charge in [0.25, 0.3) is 5.91 Å². The molecule has 0 bridgehead atoms. The van der Waals surface area contributed by atoms with Gasteiger partial charge in [0.15, 0.2) is 6.10 Å². The minimum Gasteiger partial charge on any atom is -0.448 e. The molecule has 2 N–H and O–H groups in total. The van der Waals surface area contributed by atoms with Crippen molar-refractivity contribution < 1.29 is 24.2 Å². The van der Waals surface area contributed by atoms with Gasteiger partial charge >= 0.3 is 5.97 Å². The molecule has 0 aliphatic carbocycles. The summed E-state index contributed by atoms with van der Waals surface area (Å²) in [4.78, 5) is 40.7. The van der Waals surface area contributed by atoms with Crippen molar-refractivity contribution in [3.8, 4) is 0 Å². The van der Waals surface area contributed by atoms with Gasteiger partial charge < -0.3 is 15.2 Å². The van der Waals surface area contributed by atoms with E-state index in [1.54, 1.807) is 0 Å². The highest BCUT2D eigenvalue weighted by Crippen LogP contribution is 2.41. The van der Waals surface area contributed by atoms with E-state index in [0.29, 0.717) is 11.3 Å². The largest absolute Gasteiger partial charge is 0.448 e. The lowest BCUT2D eigenvalue weighted by Gasteiger charge is -2.49. The maximum absolute atomic E-state index is 13.5. The number of aliphatic hydroxyl groups excluding tert-OH is 1. The number of fused-ring (bicyclic) bond motifs is 1. The van der Waals surface area contributed by atoms with Crippen LogP contribution in [0.3, 0.4) is 0 Å². The van der Waals surface area contributed by atoms with E-state index in [9.17, 15) is 19.5 Å². The Labute approximate surface area is 219 Å². The molecule has 8 heteroatoms. The molecule has 0 saturated carbocycles. The third-order valence-electron chi connectivity index (χ3n) is 6.38. The zero-order chi connectivity index (χ0) is 25.8. The first-order chi connectivity index (χ1) is 18.1. The van der Waals surface area contributed by atoms with E-state index in [1.807, 2.05) is 91.0 Å². The maximum atomic E-state index is 13.5. The fourth-order valence-electron chi connectivity index (χ4n) is 4.55. The number of amides is 2. The minimum absolute atomic E-state index is 0.0571. The van der Waals surface area contributed by atoms with Crippen molar-refractivity contribution in [2.24, 2.45) is 0 Å². The SMILES string of the molecule is O=C(Cc1ccccc1)N[C@H]1C(=O)N2C(C(=O)OC(c3ccccc3)c3ccccc3)=C(CO)CS[C@@H]12. The molecule has 2 atom stereocenters. The molecule has 1 fully saturated rings. The monoisotopic (exact) mass is 514 g/mol. The average Bonchev–Trinajstić information content (AvgIpc) is 2.95. The van der Waals surface area contributed by atoms with Crippen LogP contribution in [0, 0.1) is 0 Å². The number of carbonyl (C=O) groups is 3. The number of thioether (sulfide) groups is 1. The molecule has 7 nitrogen and oxygen atoms in total. The number of aliphatic hydroxyl groups is 1. The second-order valence-corrected chi connectivity index (χ2v) is 9.94. The van der Waals surface area contributed by atoms with E-state index >= 15 is 0 Å². The number of rotatable bonds is 8. The lowest BCUT2D eigenvalue weighted by atomic mass is 10.0. The number of esters is 1. The van der Waals surface area contributed by atoms with Crippen molar-refractivity contribution in [3.05, 3.63) is 119 Å². The van der Waals surface area contributed by atoms with Gasteiger partial charge in [-0.05, 0) is 22.3 Å². The van der Waals surface area contributed by atoms with Gasteiger partial charge in [0.05, 0.1) is 13.0 Å². The van der Waals surface area contributed by atoms with E-state index in [4.69, 9.17) is 4.74 Å². The fourth-order valence-corrected chi connectivity index (χ4v) is 5.88. The number of hydrogen-bond acceptors (Lipinski definition) is 6. The summed E-state index contributed by atoms with van der Waals surface area (Å²) in [5.41, 5.74) is 2.90. The minimum atomic E-state index is -0.747. The van der Waals surface area contributed by atoms with Crippen LogP contribution in [0.2, 0.25) is 0 Å². The van der Waals surface area contributed by atoms with Crippen molar-refractivity contribution in [2.75, 3.05) is 12.4 Å². The summed E-state index contributed by atoms with van der Waals surface area (Å²) in [6, 6.07) is 27.3. The Hall–Kier alpha value is -3.88. The van der Waals surface area contributed by atoms with Crippen molar-refractivity contribution in [1.82, 2.24) is 10.2 Å². The summed E-state index contributed by atoms with van der Waals surface area (Å²) in [5, 5.41) is 12.3. The Bertz CT molecular complexity index is 1270. The van der Waals surface area contributed by atoms with Crippen LogP contribution in [0.4, 0.5) is 0 Å². The lowest BCUT2D eigenvalue weighted by Crippen LogP contribution is -2.70. The smallest absolute Gasteiger partial charge is 0.356 e. The first-order valence-electron chi connectivity index (χ1n) is 12.0. The standard InChI is InChI=1S/C29H26N2O5S/c32-17-22-18-37-28-24(30-23(33)16-19-10-4-1-5-11-19)27(34)31(28)25(22)29(35)36-26(20-12-6-2-7-13-20)21-14-8-3-9-15-21/h1-15,24,26,28,32H,16-18H2,(H,30,33)/t24-,28-/m0/s1. The third kappa shape index (κ3) is 5.16. The van der Waals surface area contributed by atoms with E-state index in [1.165, 1.54) is 16.7 Å². The third-order valence-corrected chi connectivity index (χ3v) is 7.72. The van der Waals surface area contributed by atoms with E-state index < -0.39 is 29.4 Å². The van der Waals surface area contributed by atoms with Gasteiger partial charge in [-0.2, -0.15) is 0 Å². The Balaban J connectivity index is 1.35. The summed E-state index contributed by atoms with van der Waals surface area (Å²) in [6.45, 7) is -0.375. The maximum Gasteiger partial charge on any atom is 0.356 e. The molecule has 2 aliphatic heterocycles. The van der Waals surface area contributed by atoms with E-state index in [2.05, 4.69) is 5.32 Å². The molecule has 2 amide bonds. The molecule has 3 aromatic carbocycles. The average molecular weight is 515 g/mol. The summed E-state index contributed by atoms with van der Waals surface area (Å²) < 4.78 is 5.99. The molecule has 5 rings (SSSR count). The number of carbonyl (C=O) groups excluding carboxylic acids is 3. The first kappa shape index (κ1) is 24.8. The van der Waals surface area contributed by atoms with Crippen LogP contribution in [0.15, 0.2) is 102 Å². The van der Waals surface area contributed by atoms with Crippen LogP contribution >= 0.6 is 11.8 Å². The molecule has 37 heavy (non-hydrogen) atoms. The molecule has 1 saturated heterocycles. The van der Waals surface area contributed by atoms with Gasteiger partial charge in [-0.15, -0.1) is 11.8 Å². The van der Waals surface area contributed by atoms with Gasteiger partial charge in [0, 0.05) is 5.75 Å². The molecular weight excluding hydrogens is 488 g/mol. The van der Waals surface area contributed by atoms with Crippen molar-refractivity contribution >= 4 is 29.5 Å². The van der Waals surface area contributed by atoms with Crippen LogP contribution in [0.5, 0.6) is 0 Å². The van der Waals surface area contributed by atoms with Crippen LogP contribution < -0.4 is 5.32 Å². The number of nitrogens with one attached hydrogen (secondary N) is 1. The van der Waals surface area contributed by atoms with Crippen LogP contribution in [-0.4, -0.2) is 51.6 Å². The molecular formula is C29H26N2O5S. The zero-order valence-electron chi connectivity index (χ0n) is 19.9. The highest BCUT2D eigenvalue weighted by Gasteiger charge is 2.54. The molecule has 0 radical (unpaired) electrons. The number of hydrogen-bond donors (Lipinski definition) is 2. The molecule has 0 unspecified atom stereocenters. The highest BCUT2D eigenvalue weighted by molar-refractivity contribution is 8.00. The summed E-state index contributed by atoms with van der Waals surface area (Å²) in [5.74, 6) is -0.997. The summed E-state index contributed by atoms with van der Waals surface area (Å²) in [7, 11) is 0. The van der Waals surface area contributed by atoms with Gasteiger partial charge in [0.2, 0.25) is 5.91 Å². The van der Waals surface area contributed by atoms with Crippen LogP contribution in [0.1, 0.15) is 22.8 Å². The quantitative estimate of drug-likeness (QED) is 0.354. The van der Waals surface area contributed by atoms with Crippen molar-refractivity contribution in [2.45, 2.75) is 23.9 Å². The first-order valence-corrected chi connectivity index (χ1v) is 13.0. The van der Waals surface area contributed by atoms with Crippen LogP contribution in [-0.2, 0) is 25.5 Å². The summed E-state index contributed by atoms with van der Waals surface area (Å²) in [6.07, 6.45) is -0.530. The second kappa shape index (κ2) is 11.0. The number of nitrogens with zero attached hydrogens (tertiary/aromatic N) is 1. The normalized spacial score (nSPS) is 18.8. The molecule has 0 aromatic heterocycles. The lowest BCUT2D eigenvalue weighted by molar-refractivity contribution is -0.154. The highest BCUT2D eigenvalue weighted by atomic mass is 32.2. The summed E-state index contributed by atoms with van der Waals surface area (Å²) >= 11 is 1.40. The van der Waals surface area contributed by atoms with Crippen molar-refractivity contribution in [3.63, 3.8) is 0 Å².